The number of rotatable bonds is 9. The molecule has 2 heteroatoms. The fourth-order valence-electron chi connectivity index (χ4n) is 2.56. The molecule has 0 unspecified atom stereocenters. The molecule has 0 saturated heterocycles. The predicted molar refractivity (Wildman–Crippen MR) is 90.8 cm³/mol. The van der Waals surface area contributed by atoms with Gasteiger partial charge in [0.25, 0.3) is 0 Å². The summed E-state index contributed by atoms with van der Waals surface area (Å²) in [7, 11) is 0. The number of hydrogen-bond acceptors (Lipinski definition) is 2. The van der Waals surface area contributed by atoms with Gasteiger partial charge < -0.3 is 0 Å². The average Bonchev–Trinajstić information content (AvgIpc) is 2.89. The van der Waals surface area contributed by atoms with Crippen LogP contribution >= 0.6 is 22.7 Å². The highest BCUT2D eigenvalue weighted by atomic mass is 32.1. The first-order valence-electron chi connectivity index (χ1n) is 7.78. The monoisotopic (exact) mass is 294 g/mol. The maximum Gasteiger partial charge on any atom is 0.0456 e. The van der Waals surface area contributed by atoms with E-state index in [0.29, 0.717) is 0 Å². The van der Waals surface area contributed by atoms with E-state index in [9.17, 15) is 0 Å². The van der Waals surface area contributed by atoms with Crippen LogP contribution in [0.3, 0.4) is 0 Å². The van der Waals surface area contributed by atoms with Gasteiger partial charge in [0.2, 0.25) is 0 Å². The summed E-state index contributed by atoms with van der Waals surface area (Å²) in [6.45, 7) is 4.49. The van der Waals surface area contributed by atoms with Crippen molar-refractivity contribution in [2.24, 2.45) is 0 Å². The van der Waals surface area contributed by atoms with E-state index >= 15 is 0 Å². The first-order valence-corrected chi connectivity index (χ1v) is 9.41. The second-order valence-corrected chi connectivity index (χ2v) is 7.98. The van der Waals surface area contributed by atoms with Crippen molar-refractivity contribution in [1.29, 1.82) is 0 Å². The molecule has 0 aliphatic heterocycles. The summed E-state index contributed by atoms with van der Waals surface area (Å²) in [5.41, 5.74) is 0. The van der Waals surface area contributed by atoms with Crippen LogP contribution in [0, 0.1) is 6.92 Å². The molecule has 0 spiro atoms. The Labute approximate surface area is 125 Å². The van der Waals surface area contributed by atoms with E-state index in [1.807, 2.05) is 22.7 Å². The van der Waals surface area contributed by atoms with Crippen LogP contribution in [0.5, 0.6) is 0 Å². The molecule has 2 heterocycles. The standard InChI is InChI=1S/C17H26S2/c1-3-4-5-6-7-8-9-10-11-15-13-17-16(19-15)12-14(2)18-17/h12-13H,3-11H2,1-2H3. The lowest BCUT2D eigenvalue weighted by molar-refractivity contribution is 0.576. The molecule has 2 aromatic heterocycles. The van der Waals surface area contributed by atoms with Gasteiger partial charge in [-0.2, -0.15) is 0 Å². The average molecular weight is 295 g/mol. The lowest BCUT2D eigenvalue weighted by Gasteiger charge is -2.00. The number of aryl methyl sites for hydroxylation is 2. The second kappa shape index (κ2) is 8.06. The molecule has 106 valence electrons. The highest BCUT2D eigenvalue weighted by Crippen LogP contribution is 2.33. The number of thiophene rings is 2. The van der Waals surface area contributed by atoms with Crippen LogP contribution in [0.15, 0.2) is 12.1 Å². The molecule has 0 bridgehead atoms. The van der Waals surface area contributed by atoms with Crippen LogP contribution in [0.1, 0.15) is 68.0 Å². The van der Waals surface area contributed by atoms with Gasteiger partial charge in [0.1, 0.15) is 0 Å². The molecule has 0 amide bonds. The minimum Gasteiger partial charge on any atom is -0.140 e. The Morgan fingerprint density at radius 3 is 2.11 bits per heavy atom. The zero-order chi connectivity index (χ0) is 13.5. The third kappa shape index (κ3) is 4.92. The Hall–Kier alpha value is -0.340. The summed E-state index contributed by atoms with van der Waals surface area (Å²) in [6.07, 6.45) is 12.6. The molecule has 0 fully saturated rings. The molecular formula is C17H26S2. The van der Waals surface area contributed by atoms with Crippen molar-refractivity contribution in [3.8, 4) is 0 Å². The molecule has 0 aliphatic rings. The van der Waals surface area contributed by atoms with Gasteiger partial charge in [0, 0.05) is 19.2 Å². The maximum atomic E-state index is 2.42. The van der Waals surface area contributed by atoms with E-state index in [2.05, 4.69) is 26.0 Å². The summed E-state index contributed by atoms with van der Waals surface area (Å²) in [4.78, 5) is 3.03. The lowest BCUT2D eigenvalue weighted by atomic mass is 10.1. The van der Waals surface area contributed by atoms with Crippen LogP contribution in [-0.4, -0.2) is 0 Å². The molecule has 0 aliphatic carbocycles. The van der Waals surface area contributed by atoms with Gasteiger partial charge >= 0.3 is 0 Å². The van der Waals surface area contributed by atoms with Crippen molar-refractivity contribution in [2.45, 2.75) is 71.6 Å². The van der Waals surface area contributed by atoms with E-state index < -0.39 is 0 Å². The van der Waals surface area contributed by atoms with Crippen molar-refractivity contribution < 1.29 is 0 Å². The Kier molecular flexibility index (Phi) is 6.39. The van der Waals surface area contributed by atoms with Crippen molar-refractivity contribution in [3.63, 3.8) is 0 Å². The van der Waals surface area contributed by atoms with Crippen molar-refractivity contribution in [2.75, 3.05) is 0 Å². The van der Waals surface area contributed by atoms with Gasteiger partial charge in [0.15, 0.2) is 0 Å². The molecule has 2 aromatic rings. The summed E-state index contributed by atoms with van der Waals surface area (Å²) >= 11 is 3.94. The summed E-state index contributed by atoms with van der Waals surface area (Å²) in [5.74, 6) is 0. The van der Waals surface area contributed by atoms with Crippen LogP contribution < -0.4 is 0 Å². The van der Waals surface area contributed by atoms with Gasteiger partial charge in [-0.25, -0.2) is 0 Å². The second-order valence-electron chi connectivity index (χ2n) is 5.52. The quantitative estimate of drug-likeness (QED) is 0.439. The van der Waals surface area contributed by atoms with E-state index in [4.69, 9.17) is 0 Å². The third-order valence-corrected chi connectivity index (χ3v) is 5.93. The van der Waals surface area contributed by atoms with Gasteiger partial charge in [0.05, 0.1) is 0 Å². The topological polar surface area (TPSA) is 0 Å². The van der Waals surface area contributed by atoms with E-state index in [0.717, 1.165) is 0 Å². The van der Waals surface area contributed by atoms with Crippen molar-refractivity contribution in [1.82, 2.24) is 0 Å². The largest absolute Gasteiger partial charge is 0.140 e. The normalized spacial score (nSPS) is 11.5. The van der Waals surface area contributed by atoms with E-state index in [1.165, 1.54) is 72.1 Å². The highest BCUT2D eigenvalue weighted by molar-refractivity contribution is 7.27. The fraction of sp³-hybridized carbons (Fsp3) is 0.647. The first-order chi connectivity index (χ1) is 9.29. The van der Waals surface area contributed by atoms with Crippen LogP contribution in [0.25, 0.3) is 9.40 Å². The Morgan fingerprint density at radius 1 is 0.789 bits per heavy atom. The number of unbranched alkanes of at least 4 members (excludes halogenated alkanes) is 7. The molecule has 0 radical (unpaired) electrons. The SMILES string of the molecule is CCCCCCCCCCc1cc2sc(C)cc2s1. The van der Waals surface area contributed by atoms with E-state index in [-0.39, 0.29) is 0 Å². The number of hydrogen-bond donors (Lipinski definition) is 0. The van der Waals surface area contributed by atoms with Crippen LogP contribution in [0.4, 0.5) is 0 Å². The van der Waals surface area contributed by atoms with Crippen molar-refractivity contribution >= 4 is 32.1 Å². The van der Waals surface area contributed by atoms with Gasteiger partial charge in [-0.05, 0) is 31.9 Å². The molecule has 0 nitrogen and oxygen atoms in total. The molecule has 0 aromatic carbocycles. The first kappa shape index (κ1) is 15.1. The Morgan fingerprint density at radius 2 is 1.42 bits per heavy atom. The smallest absolute Gasteiger partial charge is 0.0456 e. The minimum atomic E-state index is 1.29. The number of fused-ring (bicyclic) bond motifs is 1. The van der Waals surface area contributed by atoms with Crippen molar-refractivity contribution in [3.05, 3.63) is 21.9 Å². The molecule has 19 heavy (non-hydrogen) atoms. The fourth-order valence-corrected chi connectivity index (χ4v) is 4.95. The van der Waals surface area contributed by atoms with Gasteiger partial charge in [-0.1, -0.05) is 51.9 Å². The molecule has 0 saturated carbocycles. The zero-order valence-corrected chi connectivity index (χ0v) is 14.0. The lowest BCUT2D eigenvalue weighted by Crippen LogP contribution is -1.83. The summed E-state index contributed by atoms with van der Waals surface area (Å²) in [6, 6.07) is 4.75. The highest BCUT2D eigenvalue weighted by Gasteiger charge is 2.04. The van der Waals surface area contributed by atoms with Gasteiger partial charge in [-0.3, -0.25) is 0 Å². The maximum absolute atomic E-state index is 2.42. The molecule has 0 N–H and O–H groups in total. The Balaban J connectivity index is 1.59. The molecule has 2 rings (SSSR count). The van der Waals surface area contributed by atoms with E-state index in [1.54, 1.807) is 4.88 Å². The third-order valence-electron chi connectivity index (χ3n) is 3.66. The molecule has 0 atom stereocenters. The predicted octanol–water partition coefficient (Wildman–Crippen LogP) is 6.95. The zero-order valence-electron chi connectivity index (χ0n) is 12.3. The molecular weight excluding hydrogens is 268 g/mol. The Bertz CT molecular complexity index is 447. The van der Waals surface area contributed by atoms with Crippen LogP contribution in [-0.2, 0) is 6.42 Å². The minimum absolute atomic E-state index is 1.29. The summed E-state index contributed by atoms with van der Waals surface area (Å²) in [5, 5.41) is 0. The van der Waals surface area contributed by atoms with Crippen LogP contribution in [0.2, 0.25) is 0 Å². The van der Waals surface area contributed by atoms with Gasteiger partial charge in [-0.15, -0.1) is 22.7 Å². The summed E-state index contributed by atoms with van der Waals surface area (Å²) < 4.78 is 2.99.